The standard InChI is InChI=1S/C19H18N2O5/c1-13(19(23)21-15-5-3-4-14(10-15)11-20)26-18(22)12-25-17-8-6-16(24-2)7-9-17/h3-10,13H,12H2,1-2H3,(H,21,23)/t13-/m0/s1. The van der Waals surface area contributed by atoms with Gasteiger partial charge in [0, 0.05) is 5.69 Å². The molecular formula is C19H18N2O5. The number of methoxy groups -OCH3 is 1. The maximum atomic E-state index is 12.1. The number of nitriles is 1. The Balaban J connectivity index is 1.81. The summed E-state index contributed by atoms with van der Waals surface area (Å²) >= 11 is 0. The Kier molecular flexibility index (Phi) is 6.57. The highest BCUT2D eigenvalue weighted by molar-refractivity contribution is 5.95. The highest BCUT2D eigenvalue weighted by Crippen LogP contribution is 2.17. The van der Waals surface area contributed by atoms with Crippen molar-refractivity contribution in [3.63, 3.8) is 0 Å². The average molecular weight is 354 g/mol. The molecule has 7 heteroatoms. The molecule has 0 aliphatic rings. The molecule has 0 spiro atoms. The third-order valence-corrected chi connectivity index (χ3v) is 3.35. The van der Waals surface area contributed by atoms with Crippen LogP contribution in [0.2, 0.25) is 0 Å². The molecule has 2 rings (SSSR count). The number of carbonyl (C=O) groups is 2. The predicted molar refractivity (Wildman–Crippen MR) is 93.8 cm³/mol. The average Bonchev–Trinajstić information content (AvgIpc) is 2.66. The molecule has 0 aliphatic carbocycles. The van der Waals surface area contributed by atoms with Gasteiger partial charge in [-0.05, 0) is 49.4 Å². The lowest BCUT2D eigenvalue weighted by Gasteiger charge is -2.14. The fraction of sp³-hybridized carbons (Fsp3) is 0.211. The molecule has 26 heavy (non-hydrogen) atoms. The van der Waals surface area contributed by atoms with Gasteiger partial charge in [0.1, 0.15) is 11.5 Å². The molecule has 0 radical (unpaired) electrons. The van der Waals surface area contributed by atoms with Crippen molar-refractivity contribution >= 4 is 17.6 Å². The van der Waals surface area contributed by atoms with Crippen LogP contribution in [0.1, 0.15) is 12.5 Å². The normalized spacial score (nSPS) is 11.0. The van der Waals surface area contributed by atoms with Crippen molar-refractivity contribution in [2.75, 3.05) is 19.0 Å². The van der Waals surface area contributed by atoms with E-state index in [0.29, 0.717) is 22.7 Å². The Morgan fingerprint density at radius 1 is 1.15 bits per heavy atom. The van der Waals surface area contributed by atoms with Gasteiger partial charge in [-0.15, -0.1) is 0 Å². The third kappa shape index (κ3) is 5.53. The molecule has 0 unspecified atom stereocenters. The summed E-state index contributed by atoms with van der Waals surface area (Å²) in [6, 6.07) is 15.1. The van der Waals surface area contributed by atoms with Crippen LogP contribution in [0.3, 0.4) is 0 Å². The molecule has 0 aromatic heterocycles. The number of anilines is 1. The van der Waals surface area contributed by atoms with Crippen molar-refractivity contribution in [3.8, 4) is 17.6 Å². The first-order chi connectivity index (χ1) is 12.5. The second-order valence-corrected chi connectivity index (χ2v) is 5.28. The number of nitrogens with one attached hydrogen (secondary N) is 1. The van der Waals surface area contributed by atoms with Crippen LogP contribution in [0.4, 0.5) is 5.69 Å². The van der Waals surface area contributed by atoms with Gasteiger partial charge in [-0.2, -0.15) is 5.26 Å². The second-order valence-electron chi connectivity index (χ2n) is 5.28. The summed E-state index contributed by atoms with van der Waals surface area (Å²) in [6.45, 7) is 1.13. The minimum absolute atomic E-state index is 0.326. The fourth-order valence-electron chi connectivity index (χ4n) is 2.01. The number of nitrogens with zero attached hydrogens (tertiary/aromatic N) is 1. The topological polar surface area (TPSA) is 97.7 Å². The van der Waals surface area contributed by atoms with Crippen LogP contribution in [0.15, 0.2) is 48.5 Å². The minimum atomic E-state index is -1.01. The van der Waals surface area contributed by atoms with E-state index >= 15 is 0 Å². The maximum Gasteiger partial charge on any atom is 0.344 e. The molecule has 0 bridgehead atoms. The van der Waals surface area contributed by atoms with Gasteiger partial charge in [0.2, 0.25) is 0 Å². The number of hydrogen-bond donors (Lipinski definition) is 1. The molecule has 2 aromatic carbocycles. The van der Waals surface area contributed by atoms with Gasteiger partial charge in [0.15, 0.2) is 12.7 Å². The summed E-state index contributed by atoms with van der Waals surface area (Å²) < 4.78 is 15.4. The summed E-state index contributed by atoms with van der Waals surface area (Å²) in [4.78, 5) is 23.9. The van der Waals surface area contributed by atoms with Crippen LogP contribution in [-0.4, -0.2) is 31.7 Å². The smallest absolute Gasteiger partial charge is 0.344 e. The molecule has 7 nitrogen and oxygen atoms in total. The Hall–Kier alpha value is -3.53. The summed E-state index contributed by atoms with van der Waals surface area (Å²) in [7, 11) is 1.55. The first-order valence-electron chi connectivity index (χ1n) is 7.79. The molecule has 0 aliphatic heterocycles. The number of amides is 1. The maximum absolute atomic E-state index is 12.1. The highest BCUT2D eigenvalue weighted by atomic mass is 16.6. The zero-order valence-corrected chi connectivity index (χ0v) is 14.4. The van der Waals surface area contributed by atoms with Crippen LogP contribution in [0.25, 0.3) is 0 Å². The zero-order chi connectivity index (χ0) is 18.9. The van der Waals surface area contributed by atoms with Crippen LogP contribution < -0.4 is 14.8 Å². The summed E-state index contributed by atoms with van der Waals surface area (Å²) in [5.41, 5.74) is 0.867. The summed E-state index contributed by atoms with van der Waals surface area (Å²) in [5, 5.41) is 11.4. The van der Waals surface area contributed by atoms with Crippen LogP contribution in [0, 0.1) is 11.3 Å². The minimum Gasteiger partial charge on any atom is -0.497 e. The van der Waals surface area contributed by atoms with Crippen molar-refractivity contribution in [1.82, 2.24) is 0 Å². The molecule has 1 amide bonds. The van der Waals surface area contributed by atoms with E-state index in [-0.39, 0.29) is 6.61 Å². The second kappa shape index (κ2) is 9.08. The van der Waals surface area contributed by atoms with Crippen LogP contribution in [0.5, 0.6) is 11.5 Å². The van der Waals surface area contributed by atoms with Gasteiger partial charge in [0.05, 0.1) is 18.7 Å². The lowest BCUT2D eigenvalue weighted by Crippen LogP contribution is -2.31. The van der Waals surface area contributed by atoms with E-state index in [4.69, 9.17) is 19.5 Å². The Bertz CT molecular complexity index is 811. The molecule has 0 heterocycles. The van der Waals surface area contributed by atoms with E-state index < -0.39 is 18.0 Å². The van der Waals surface area contributed by atoms with E-state index in [1.54, 1.807) is 49.6 Å². The molecule has 134 valence electrons. The molecule has 1 atom stereocenters. The molecule has 0 saturated heterocycles. The van der Waals surface area contributed by atoms with Crippen molar-refractivity contribution in [3.05, 3.63) is 54.1 Å². The van der Waals surface area contributed by atoms with Crippen LogP contribution in [-0.2, 0) is 14.3 Å². The first-order valence-corrected chi connectivity index (χ1v) is 7.79. The van der Waals surface area contributed by atoms with Gasteiger partial charge in [0.25, 0.3) is 5.91 Å². The van der Waals surface area contributed by atoms with E-state index in [2.05, 4.69) is 5.32 Å². The first kappa shape index (κ1) is 18.8. The van der Waals surface area contributed by atoms with Gasteiger partial charge < -0.3 is 19.5 Å². The van der Waals surface area contributed by atoms with E-state index in [9.17, 15) is 9.59 Å². The number of carbonyl (C=O) groups excluding carboxylic acids is 2. The van der Waals surface area contributed by atoms with Crippen molar-refractivity contribution < 1.29 is 23.8 Å². The highest BCUT2D eigenvalue weighted by Gasteiger charge is 2.18. The fourth-order valence-corrected chi connectivity index (χ4v) is 2.01. The Labute approximate surface area is 151 Å². The molecule has 2 aromatic rings. The number of ether oxygens (including phenoxy) is 3. The zero-order valence-electron chi connectivity index (χ0n) is 14.4. The number of benzene rings is 2. The Morgan fingerprint density at radius 3 is 2.50 bits per heavy atom. The lowest BCUT2D eigenvalue weighted by molar-refractivity contribution is -0.155. The van der Waals surface area contributed by atoms with Crippen molar-refractivity contribution in [1.29, 1.82) is 5.26 Å². The van der Waals surface area contributed by atoms with Crippen molar-refractivity contribution in [2.24, 2.45) is 0 Å². The largest absolute Gasteiger partial charge is 0.497 e. The van der Waals surface area contributed by atoms with Gasteiger partial charge >= 0.3 is 5.97 Å². The molecule has 1 N–H and O–H groups in total. The molecule has 0 saturated carbocycles. The third-order valence-electron chi connectivity index (χ3n) is 3.35. The predicted octanol–water partition coefficient (Wildman–Crippen LogP) is 2.52. The van der Waals surface area contributed by atoms with Gasteiger partial charge in [-0.25, -0.2) is 4.79 Å². The molecule has 0 fully saturated rings. The van der Waals surface area contributed by atoms with Gasteiger partial charge in [-0.3, -0.25) is 4.79 Å². The van der Waals surface area contributed by atoms with E-state index in [1.807, 2.05) is 6.07 Å². The van der Waals surface area contributed by atoms with Crippen LogP contribution >= 0.6 is 0 Å². The summed E-state index contributed by atoms with van der Waals surface area (Å²) in [5.74, 6) is -0.0222. The lowest BCUT2D eigenvalue weighted by atomic mass is 10.2. The monoisotopic (exact) mass is 354 g/mol. The Morgan fingerprint density at radius 2 is 1.85 bits per heavy atom. The number of rotatable bonds is 7. The number of hydrogen-bond acceptors (Lipinski definition) is 6. The quantitative estimate of drug-likeness (QED) is 0.767. The number of esters is 1. The van der Waals surface area contributed by atoms with Crippen molar-refractivity contribution in [2.45, 2.75) is 13.0 Å². The van der Waals surface area contributed by atoms with E-state index in [0.717, 1.165) is 0 Å². The van der Waals surface area contributed by atoms with E-state index in [1.165, 1.54) is 13.0 Å². The summed E-state index contributed by atoms with van der Waals surface area (Å²) in [6.07, 6.45) is -1.01. The SMILES string of the molecule is COc1ccc(OCC(=O)O[C@@H](C)C(=O)Nc2cccc(C#N)c2)cc1. The molecular weight excluding hydrogens is 336 g/mol. The van der Waals surface area contributed by atoms with Gasteiger partial charge in [-0.1, -0.05) is 6.07 Å².